The Bertz CT molecular complexity index is 220. The predicted molar refractivity (Wildman–Crippen MR) is 71.1 cm³/mol. The first kappa shape index (κ1) is 12.6. The van der Waals surface area contributed by atoms with Crippen molar-refractivity contribution in [1.82, 2.24) is 4.90 Å². The van der Waals surface area contributed by atoms with E-state index in [1.165, 1.54) is 0 Å². The molecule has 0 bridgehead atoms. The lowest BCUT2D eigenvalue weighted by Gasteiger charge is -2.42. The summed E-state index contributed by atoms with van der Waals surface area (Å²) in [5.74, 6) is 0. The van der Waals surface area contributed by atoms with Gasteiger partial charge < -0.3 is 14.4 Å². The molecule has 2 aliphatic rings. The van der Waals surface area contributed by atoms with Crippen molar-refractivity contribution in [3.63, 3.8) is 0 Å². The summed E-state index contributed by atoms with van der Waals surface area (Å²) in [6, 6.07) is 1.03. The molecule has 0 aromatic carbocycles. The summed E-state index contributed by atoms with van der Waals surface area (Å²) >= 11 is 9.68. The molecule has 0 aromatic rings. The van der Waals surface area contributed by atoms with E-state index in [-0.39, 0.29) is 0 Å². The molecule has 2 aliphatic heterocycles. The van der Waals surface area contributed by atoms with Gasteiger partial charge in [-0.1, -0.05) is 12.2 Å². The lowest BCUT2D eigenvalue weighted by Crippen LogP contribution is -2.49. The van der Waals surface area contributed by atoms with E-state index in [1.54, 1.807) is 0 Å². The second-order valence-corrected chi connectivity index (χ2v) is 5.49. The Hall–Kier alpha value is 0.160. The summed E-state index contributed by atoms with van der Waals surface area (Å²) in [5.41, 5.74) is 0. The van der Waals surface area contributed by atoms with Gasteiger partial charge in [-0.25, -0.2) is 0 Å². The molecule has 0 saturated carbocycles. The molecule has 2 heterocycles. The second-order valence-electron chi connectivity index (χ2n) is 4.38. The van der Waals surface area contributed by atoms with Crippen LogP contribution in [0.2, 0.25) is 0 Å². The molecule has 2 fully saturated rings. The molecule has 3 nitrogen and oxygen atoms in total. The van der Waals surface area contributed by atoms with Crippen LogP contribution in [0.5, 0.6) is 0 Å². The van der Waals surface area contributed by atoms with Gasteiger partial charge in [0, 0.05) is 38.5 Å². The van der Waals surface area contributed by atoms with Crippen LogP contribution in [0.1, 0.15) is 25.7 Å². The van der Waals surface area contributed by atoms with Crippen LogP contribution in [-0.4, -0.2) is 47.7 Å². The molecule has 0 atom stereocenters. The lowest BCUT2D eigenvalue weighted by atomic mass is 10.0. The van der Waals surface area contributed by atoms with Crippen LogP contribution in [0.4, 0.5) is 0 Å². The van der Waals surface area contributed by atoms with Crippen molar-refractivity contribution in [2.24, 2.45) is 0 Å². The highest BCUT2D eigenvalue weighted by Crippen LogP contribution is 2.24. The normalized spacial score (nSPS) is 24.3. The van der Waals surface area contributed by atoms with Gasteiger partial charge >= 0.3 is 0 Å². The number of ether oxygens (including phenoxy) is 2. The maximum atomic E-state index is 5.40. The molecular formula is C11H19NO2S2. The second kappa shape index (κ2) is 6.19. The van der Waals surface area contributed by atoms with Gasteiger partial charge in [0.25, 0.3) is 0 Å². The van der Waals surface area contributed by atoms with Crippen LogP contribution in [0.3, 0.4) is 0 Å². The minimum absolute atomic E-state index is 0.516. The Morgan fingerprint density at radius 2 is 1.31 bits per heavy atom. The molecule has 0 amide bonds. The molecule has 2 saturated heterocycles. The van der Waals surface area contributed by atoms with E-state index < -0.39 is 0 Å². The average Bonchev–Trinajstić information content (AvgIpc) is 2.31. The minimum atomic E-state index is 0.516. The summed E-state index contributed by atoms with van der Waals surface area (Å²) in [7, 11) is 0. The number of hydrogen-bond acceptors (Lipinski definition) is 3. The van der Waals surface area contributed by atoms with E-state index in [0.717, 1.165) is 56.4 Å². The standard InChI is InChI=1S/C11H19NO2S2/c15-11(16)12(9-1-5-13-6-2-9)10-3-7-14-8-4-10/h9-10H,1-8H2,(H,15,16). The molecule has 0 unspecified atom stereocenters. The fourth-order valence-electron chi connectivity index (χ4n) is 2.54. The van der Waals surface area contributed by atoms with Gasteiger partial charge in [0.2, 0.25) is 0 Å². The van der Waals surface area contributed by atoms with Gasteiger partial charge in [-0.3, -0.25) is 0 Å². The zero-order chi connectivity index (χ0) is 11.4. The SMILES string of the molecule is S=C(S)N(C1CCOCC1)C1CCOCC1. The average molecular weight is 261 g/mol. The van der Waals surface area contributed by atoms with Crippen molar-refractivity contribution in [3.8, 4) is 0 Å². The Morgan fingerprint density at radius 1 is 0.938 bits per heavy atom. The number of hydrogen-bond donors (Lipinski definition) is 1. The van der Waals surface area contributed by atoms with E-state index >= 15 is 0 Å². The monoisotopic (exact) mass is 261 g/mol. The number of thiol groups is 1. The Kier molecular flexibility index (Phi) is 4.88. The van der Waals surface area contributed by atoms with Crippen LogP contribution < -0.4 is 0 Å². The highest BCUT2D eigenvalue weighted by atomic mass is 32.1. The largest absolute Gasteiger partial charge is 0.381 e. The zero-order valence-electron chi connectivity index (χ0n) is 9.43. The van der Waals surface area contributed by atoms with Gasteiger partial charge in [-0.2, -0.15) is 0 Å². The van der Waals surface area contributed by atoms with Gasteiger partial charge in [-0.15, -0.1) is 12.6 Å². The van der Waals surface area contributed by atoms with Crippen LogP contribution in [0.25, 0.3) is 0 Å². The molecule has 0 spiro atoms. The van der Waals surface area contributed by atoms with Crippen molar-refractivity contribution >= 4 is 29.2 Å². The van der Waals surface area contributed by atoms with Crippen molar-refractivity contribution in [2.75, 3.05) is 26.4 Å². The Balaban J connectivity index is 1.99. The molecule has 0 N–H and O–H groups in total. The topological polar surface area (TPSA) is 21.7 Å². The Morgan fingerprint density at radius 3 is 1.62 bits per heavy atom. The maximum absolute atomic E-state index is 5.40. The van der Waals surface area contributed by atoms with E-state index in [1.807, 2.05) is 0 Å². The number of rotatable bonds is 2. The maximum Gasteiger partial charge on any atom is 0.133 e. The molecule has 0 aliphatic carbocycles. The zero-order valence-corrected chi connectivity index (χ0v) is 11.1. The van der Waals surface area contributed by atoms with E-state index in [2.05, 4.69) is 17.5 Å². The van der Waals surface area contributed by atoms with Gasteiger partial charge in [0.05, 0.1) is 0 Å². The summed E-state index contributed by atoms with van der Waals surface area (Å²) in [5, 5.41) is 0. The van der Waals surface area contributed by atoms with Crippen molar-refractivity contribution in [3.05, 3.63) is 0 Å². The highest BCUT2D eigenvalue weighted by molar-refractivity contribution is 8.10. The quantitative estimate of drug-likeness (QED) is 0.605. The molecule has 0 radical (unpaired) electrons. The summed E-state index contributed by atoms with van der Waals surface area (Å²) in [6.45, 7) is 3.39. The van der Waals surface area contributed by atoms with Crippen molar-refractivity contribution in [2.45, 2.75) is 37.8 Å². The number of nitrogens with zero attached hydrogens (tertiary/aromatic N) is 1. The van der Waals surface area contributed by atoms with Crippen molar-refractivity contribution in [1.29, 1.82) is 0 Å². The predicted octanol–water partition coefficient (Wildman–Crippen LogP) is 1.86. The third-order valence-electron chi connectivity index (χ3n) is 3.39. The molecule has 92 valence electrons. The van der Waals surface area contributed by atoms with Crippen molar-refractivity contribution < 1.29 is 9.47 Å². The molecule has 0 aromatic heterocycles. The summed E-state index contributed by atoms with van der Waals surface area (Å²) < 4.78 is 11.5. The fraction of sp³-hybridized carbons (Fsp3) is 0.909. The molecule has 16 heavy (non-hydrogen) atoms. The van der Waals surface area contributed by atoms with Crippen LogP contribution in [0, 0.1) is 0 Å². The highest BCUT2D eigenvalue weighted by Gasteiger charge is 2.29. The van der Waals surface area contributed by atoms with Gasteiger partial charge in [0.1, 0.15) is 4.32 Å². The molecule has 5 heteroatoms. The summed E-state index contributed by atoms with van der Waals surface area (Å²) in [4.78, 5) is 2.32. The molecule has 2 rings (SSSR count). The number of thiocarbonyl (C=S) groups is 1. The van der Waals surface area contributed by atoms with E-state index in [9.17, 15) is 0 Å². The fourth-order valence-corrected chi connectivity index (χ4v) is 3.16. The van der Waals surface area contributed by atoms with Gasteiger partial charge in [-0.05, 0) is 25.7 Å². The van der Waals surface area contributed by atoms with Crippen LogP contribution >= 0.6 is 24.8 Å². The van der Waals surface area contributed by atoms with E-state index in [0.29, 0.717) is 12.1 Å². The molecular weight excluding hydrogens is 242 g/mol. The first-order valence-electron chi connectivity index (χ1n) is 5.96. The van der Waals surface area contributed by atoms with Crippen LogP contribution in [0.15, 0.2) is 0 Å². The first-order valence-corrected chi connectivity index (χ1v) is 6.81. The third-order valence-corrected chi connectivity index (χ3v) is 3.83. The Labute approximate surface area is 108 Å². The third kappa shape index (κ3) is 3.09. The lowest BCUT2D eigenvalue weighted by molar-refractivity contribution is 0.0136. The summed E-state index contributed by atoms with van der Waals surface area (Å²) in [6.07, 6.45) is 4.27. The van der Waals surface area contributed by atoms with Crippen LogP contribution in [-0.2, 0) is 9.47 Å². The van der Waals surface area contributed by atoms with Gasteiger partial charge in [0.15, 0.2) is 0 Å². The minimum Gasteiger partial charge on any atom is -0.381 e. The first-order chi connectivity index (χ1) is 7.79. The smallest absolute Gasteiger partial charge is 0.133 e. The van der Waals surface area contributed by atoms with E-state index in [4.69, 9.17) is 21.7 Å².